The molecule has 0 aliphatic rings. The predicted octanol–water partition coefficient (Wildman–Crippen LogP) is 5.17. The first kappa shape index (κ1) is 20.4. The number of benzene rings is 2. The summed E-state index contributed by atoms with van der Waals surface area (Å²) in [6, 6.07) is 10.5. The van der Waals surface area contributed by atoms with Gasteiger partial charge >= 0.3 is 5.97 Å². The van der Waals surface area contributed by atoms with E-state index in [1.165, 1.54) is 7.11 Å². The number of hydrogen-bond acceptors (Lipinski definition) is 4. The minimum atomic E-state index is -0.352. The number of nitrogens with zero attached hydrogens (tertiary/aromatic N) is 1. The number of carbonyl (C=O) groups is 2. The van der Waals surface area contributed by atoms with Crippen molar-refractivity contribution in [1.82, 2.24) is 4.57 Å². The Balaban J connectivity index is 2.22. The first-order valence-electron chi connectivity index (χ1n) is 8.70. The summed E-state index contributed by atoms with van der Waals surface area (Å²) in [6.07, 6.45) is 0.0571. The standard InChI is InChI=1S/C21H19BrClNO4/c1-4-28-20(25)10-15-12(2)24(21(26)13-5-7-14(22)8-6-13)18-11-17(23)19(27-3)9-16(15)18/h5-9,11H,4,10H2,1-3H3. The van der Waals surface area contributed by atoms with E-state index in [1.54, 1.807) is 35.8 Å². The minimum absolute atomic E-state index is 0.0571. The summed E-state index contributed by atoms with van der Waals surface area (Å²) >= 11 is 9.69. The molecule has 0 aliphatic carbocycles. The first-order chi connectivity index (χ1) is 13.4. The average molecular weight is 465 g/mol. The molecule has 0 fully saturated rings. The summed E-state index contributed by atoms with van der Waals surface area (Å²) in [5.74, 6) is -0.0754. The van der Waals surface area contributed by atoms with Gasteiger partial charge in [-0.2, -0.15) is 0 Å². The molecule has 0 aliphatic heterocycles. The van der Waals surface area contributed by atoms with E-state index in [0.717, 1.165) is 9.86 Å². The zero-order chi connectivity index (χ0) is 20.4. The van der Waals surface area contributed by atoms with Gasteiger partial charge in [0.05, 0.1) is 30.7 Å². The monoisotopic (exact) mass is 463 g/mol. The van der Waals surface area contributed by atoms with E-state index < -0.39 is 0 Å². The van der Waals surface area contributed by atoms with Crippen LogP contribution in [0.4, 0.5) is 0 Å². The highest BCUT2D eigenvalue weighted by Gasteiger charge is 2.23. The number of esters is 1. The van der Waals surface area contributed by atoms with Crippen molar-refractivity contribution in [2.45, 2.75) is 20.3 Å². The highest BCUT2D eigenvalue weighted by Crippen LogP contribution is 2.35. The van der Waals surface area contributed by atoms with Crippen LogP contribution in [0.15, 0.2) is 40.9 Å². The zero-order valence-corrected chi connectivity index (χ0v) is 18.1. The molecule has 146 valence electrons. The fourth-order valence-corrected chi connectivity index (χ4v) is 3.70. The van der Waals surface area contributed by atoms with Gasteiger partial charge in [0.15, 0.2) is 0 Å². The van der Waals surface area contributed by atoms with Gasteiger partial charge in [-0.25, -0.2) is 0 Å². The summed E-state index contributed by atoms with van der Waals surface area (Å²) in [7, 11) is 1.52. The number of ether oxygens (including phenoxy) is 2. The van der Waals surface area contributed by atoms with Crippen molar-refractivity contribution in [1.29, 1.82) is 0 Å². The largest absolute Gasteiger partial charge is 0.495 e. The van der Waals surface area contributed by atoms with E-state index in [9.17, 15) is 9.59 Å². The molecule has 3 rings (SSSR count). The van der Waals surface area contributed by atoms with E-state index in [0.29, 0.717) is 39.7 Å². The molecule has 5 nitrogen and oxygen atoms in total. The lowest BCUT2D eigenvalue weighted by Crippen LogP contribution is -2.14. The Kier molecular flexibility index (Phi) is 6.10. The van der Waals surface area contributed by atoms with E-state index in [-0.39, 0.29) is 18.3 Å². The quantitative estimate of drug-likeness (QED) is 0.489. The second-order valence-electron chi connectivity index (χ2n) is 6.20. The molecule has 1 aromatic heterocycles. The van der Waals surface area contributed by atoms with E-state index in [1.807, 2.05) is 19.1 Å². The molecule has 0 spiro atoms. The van der Waals surface area contributed by atoms with E-state index in [4.69, 9.17) is 21.1 Å². The summed E-state index contributed by atoms with van der Waals surface area (Å²) in [4.78, 5) is 25.4. The van der Waals surface area contributed by atoms with Crippen LogP contribution >= 0.6 is 27.5 Å². The van der Waals surface area contributed by atoms with Crippen molar-refractivity contribution in [3.8, 4) is 5.75 Å². The fourth-order valence-electron chi connectivity index (χ4n) is 3.20. The van der Waals surface area contributed by atoms with Crippen LogP contribution in [-0.2, 0) is 16.0 Å². The number of carbonyl (C=O) groups excluding carboxylic acids is 2. The van der Waals surface area contributed by atoms with Gasteiger partial charge in [-0.1, -0.05) is 27.5 Å². The molecule has 0 saturated carbocycles. The van der Waals surface area contributed by atoms with E-state index in [2.05, 4.69) is 15.9 Å². The Morgan fingerprint density at radius 2 is 1.86 bits per heavy atom. The van der Waals surface area contributed by atoms with Crippen LogP contribution in [0.5, 0.6) is 5.75 Å². The van der Waals surface area contributed by atoms with Crippen molar-refractivity contribution in [2.75, 3.05) is 13.7 Å². The Bertz CT molecular complexity index is 1060. The molecule has 0 amide bonds. The summed E-state index contributed by atoms with van der Waals surface area (Å²) < 4.78 is 12.9. The Labute approximate surface area is 176 Å². The molecule has 28 heavy (non-hydrogen) atoms. The maximum absolute atomic E-state index is 13.2. The van der Waals surface area contributed by atoms with Gasteiger partial charge < -0.3 is 9.47 Å². The second-order valence-corrected chi connectivity index (χ2v) is 7.52. The van der Waals surface area contributed by atoms with Crippen molar-refractivity contribution >= 4 is 50.3 Å². The molecule has 0 bridgehead atoms. The first-order valence-corrected chi connectivity index (χ1v) is 9.87. The minimum Gasteiger partial charge on any atom is -0.495 e. The molecule has 1 heterocycles. The number of fused-ring (bicyclic) bond motifs is 1. The van der Waals surface area contributed by atoms with Crippen LogP contribution in [-0.4, -0.2) is 30.2 Å². The number of methoxy groups -OCH3 is 1. The maximum atomic E-state index is 13.2. The SMILES string of the molecule is CCOC(=O)Cc1c(C)n(C(=O)c2ccc(Br)cc2)c2cc(Cl)c(OC)cc12. The highest BCUT2D eigenvalue weighted by atomic mass is 79.9. The van der Waals surface area contributed by atoms with Crippen LogP contribution in [0.2, 0.25) is 5.02 Å². The molecule has 7 heteroatoms. The molecule has 0 atom stereocenters. The van der Waals surface area contributed by atoms with Crippen LogP contribution in [0.3, 0.4) is 0 Å². The highest BCUT2D eigenvalue weighted by molar-refractivity contribution is 9.10. The molecule has 0 N–H and O–H groups in total. The average Bonchev–Trinajstić information content (AvgIpc) is 2.92. The molecule has 0 radical (unpaired) electrons. The van der Waals surface area contributed by atoms with Crippen molar-refractivity contribution in [3.05, 3.63) is 62.7 Å². The van der Waals surface area contributed by atoms with Crippen LogP contribution < -0.4 is 4.74 Å². The fraction of sp³-hybridized carbons (Fsp3) is 0.238. The Morgan fingerprint density at radius 3 is 2.46 bits per heavy atom. The van der Waals surface area contributed by atoms with Gasteiger partial charge in [0.25, 0.3) is 5.91 Å². The smallest absolute Gasteiger partial charge is 0.310 e. The lowest BCUT2D eigenvalue weighted by molar-refractivity contribution is -0.142. The predicted molar refractivity (Wildman–Crippen MR) is 112 cm³/mol. The van der Waals surface area contributed by atoms with Crippen LogP contribution in [0.1, 0.15) is 28.5 Å². The number of hydrogen-bond donors (Lipinski definition) is 0. The molecule has 3 aromatic rings. The third-order valence-electron chi connectivity index (χ3n) is 4.53. The number of aromatic nitrogens is 1. The van der Waals surface area contributed by atoms with Gasteiger partial charge in [0.1, 0.15) is 5.75 Å². The van der Waals surface area contributed by atoms with Gasteiger partial charge in [-0.05, 0) is 55.8 Å². The van der Waals surface area contributed by atoms with Crippen LogP contribution in [0.25, 0.3) is 10.9 Å². The third kappa shape index (κ3) is 3.80. The second kappa shape index (κ2) is 8.37. The van der Waals surface area contributed by atoms with Crippen molar-refractivity contribution in [3.63, 3.8) is 0 Å². The molecular formula is C21H19BrClNO4. The van der Waals surface area contributed by atoms with Gasteiger partial charge in [0.2, 0.25) is 0 Å². The Morgan fingerprint density at radius 1 is 1.18 bits per heavy atom. The van der Waals surface area contributed by atoms with Crippen LogP contribution in [0, 0.1) is 6.92 Å². The van der Waals surface area contributed by atoms with Crippen molar-refractivity contribution < 1.29 is 19.1 Å². The van der Waals surface area contributed by atoms with Crippen molar-refractivity contribution in [2.24, 2.45) is 0 Å². The molecule has 0 saturated heterocycles. The third-order valence-corrected chi connectivity index (χ3v) is 5.35. The summed E-state index contributed by atoms with van der Waals surface area (Å²) in [6.45, 7) is 3.86. The number of rotatable bonds is 5. The van der Waals surface area contributed by atoms with Gasteiger partial charge in [0, 0.05) is 21.1 Å². The zero-order valence-electron chi connectivity index (χ0n) is 15.7. The normalized spacial score (nSPS) is 10.9. The van der Waals surface area contributed by atoms with Gasteiger partial charge in [-0.15, -0.1) is 0 Å². The van der Waals surface area contributed by atoms with E-state index >= 15 is 0 Å². The summed E-state index contributed by atoms with van der Waals surface area (Å²) in [5.41, 5.74) is 2.53. The molecular weight excluding hydrogens is 446 g/mol. The van der Waals surface area contributed by atoms with Gasteiger partial charge in [-0.3, -0.25) is 14.2 Å². The summed E-state index contributed by atoms with van der Waals surface area (Å²) in [5, 5.41) is 1.12. The topological polar surface area (TPSA) is 57.5 Å². The lowest BCUT2D eigenvalue weighted by Gasteiger charge is -2.09. The number of halogens is 2. The lowest BCUT2D eigenvalue weighted by atomic mass is 10.1. The molecule has 0 unspecified atom stereocenters. The Hall–Kier alpha value is -2.31. The maximum Gasteiger partial charge on any atom is 0.310 e. The molecule has 2 aromatic carbocycles.